The molecule has 132 valence electrons. The van der Waals surface area contributed by atoms with Gasteiger partial charge in [-0.1, -0.05) is 6.07 Å². The quantitative estimate of drug-likeness (QED) is 0.833. The van der Waals surface area contributed by atoms with E-state index in [4.69, 9.17) is 9.72 Å². The van der Waals surface area contributed by atoms with Crippen LogP contribution in [0.1, 0.15) is 48.8 Å². The summed E-state index contributed by atoms with van der Waals surface area (Å²) in [7, 11) is 0. The predicted octanol–water partition coefficient (Wildman–Crippen LogP) is 3.66. The van der Waals surface area contributed by atoms with Crippen LogP contribution in [0.15, 0.2) is 24.3 Å². The topological polar surface area (TPSA) is 51.1 Å². The van der Waals surface area contributed by atoms with Crippen molar-refractivity contribution >= 4 is 5.82 Å². The van der Waals surface area contributed by atoms with Crippen LogP contribution in [0.4, 0.5) is 5.82 Å². The molecule has 0 radical (unpaired) electrons. The van der Waals surface area contributed by atoms with Gasteiger partial charge in [-0.15, -0.1) is 0 Å². The van der Waals surface area contributed by atoms with E-state index in [1.807, 2.05) is 25.1 Å². The van der Waals surface area contributed by atoms with Gasteiger partial charge in [0.15, 0.2) is 0 Å². The summed E-state index contributed by atoms with van der Waals surface area (Å²) in [4.78, 5) is 16.3. The van der Waals surface area contributed by atoms with Crippen LogP contribution < -0.4 is 9.64 Å². The number of nitrogens with zero attached hydrogens (tertiary/aromatic N) is 4. The van der Waals surface area contributed by atoms with Gasteiger partial charge >= 0.3 is 0 Å². The Kier molecular flexibility index (Phi) is 4.55. The maximum Gasteiger partial charge on any atom is 0.213 e. The lowest BCUT2D eigenvalue weighted by Gasteiger charge is -2.33. The van der Waals surface area contributed by atoms with Gasteiger partial charge in [-0.2, -0.15) is 0 Å². The molecule has 2 fully saturated rings. The summed E-state index contributed by atoms with van der Waals surface area (Å²) in [6.45, 7) is 6.84. The molecule has 1 unspecified atom stereocenters. The number of hydrogen-bond donors (Lipinski definition) is 0. The average Bonchev–Trinajstić information content (AvgIpc) is 3.45. The van der Waals surface area contributed by atoms with Crippen molar-refractivity contribution in [3.05, 3.63) is 41.5 Å². The molecule has 5 nitrogen and oxygen atoms in total. The van der Waals surface area contributed by atoms with Crippen molar-refractivity contribution in [3.8, 4) is 5.88 Å². The fraction of sp³-hybridized carbons (Fsp3) is 0.550. The van der Waals surface area contributed by atoms with Gasteiger partial charge in [-0.05, 0) is 45.6 Å². The highest BCUT2D eigenvalue weighted by molar-refractivity contribution is 5.41. The lowest BCUT2D eigenvalue weighted by Crippen LogP contribution is -2.38. The molecule has 25 heavy (non-hydrogen) atoms. The second-order valence-electron chi connectivity index (χ2n) is 7.38. The van der Waals surface area contributed by atoms with Crippen LogP contribution in [0.5, 0.6) is 5.88 Å². The van der Waals surface area contributed by atoms with Gasteiger partial charge in [-0.25, -0.2) is 15.0 Å². The van der Waals surface area contributed by atoms with Crippen LogP contribution in [0.3, 0.4) is 0 Å². The summed E-state index contributed by atoms with van der Waals surface area (Å²) in [5, 5.41) is 0. The third-order valence-electron chi connectivity index (χ3n) is 4.97. The largest absolute Gasteiger partial charge is 0.477 e. The zero-order valence-electron chi connectivity index (χ0n) is 15.1. The van der Waals surface area contributed by atoms with E-state index in [1.165, 1.54) is 25.7 Å². The second-order valence-corrected chi connectivity index (χ2v) is 7.38. The molecule has 3 heterocycles. The highest BCUT2D eigenvalue weighted by Gasteiger charge is 2.28. The van der Waals surface area contributed by atoms with E-state index in [0.717, 1.165) is 42.0 Å². The third-order valence-corrected chi connectivity index (χ3v) is 4.97. The van der Waals surface area contributed by atoms with Gasteiger partial charge in [0.1, 0.15) is 11.6 Å². The smallest absolute Gasteiger partial charge is 0.213 e. The van der Waals surface area contributed by atoms with E-state index in [9.17, 15) is 0 Å². The summed E-state index contributed by atoms with van der Waals surface area (Å²) in [6.07, 6.45) is 4.85. The molecule has 0 aromatic carbocycles. The van der Waals surface area contributed by atoms with Gasteiger partial charge in [0.2, 0.25) is 5.88 Å². The third kappa shape index (κ3) is 4.09. The first-order valence-corrected chi connectivity index (χ1v) is 9.34. The Balaban J connectivity index is 1.40. The molecule has 1 saturated heterocycles. The first-order chi connectivity index (χ1) is 12.2. The Bertz CT molecular complexity index is 744. The Hall–Kier alpha value is -2.17. The second kappa shape index (κ2) is 6.98. The number of anilines is 1. The Morgan fingerprint density at radius 1 is 1.08 bits per heavy atom. The maximum absolute atomic E-state index is 5.94. The maximum atomic E-state index is 5.94. The normalized spacial score (nSPS) is 20.6. The standard InChI is InChI=1S/C20H26N4O/c1-14-5-3-7-19(21-14)25-13-16-6-4-10-24(12-16)18-11-15(2)22-20(23-18)17-8-9-17/h3,5,7,11,16-17H,4,6,8-10,12-13H2,1-2H3. The van der Waals surface area contributed by atoms with Crippen LogP contribution in [0, 0.1) is 19.8 Å². The predicted molar refractivity (Wildman–Crippen MR) is 98.2 cm³/mol. The van der Waals surface area contributed by atoms with Crippen LogP contribution in [-0.2, 0) is 0 Å². The van der Waals surface area contributed by atoms with Gasteiger partial charge in [0.05, 0.1) is 6.61 Å². The van der Waals surface area contributed by atoms with Gasteiger partial charge in [0, 0.05) is 48.4 Å². The average molecular weight is 338 g/mol. The molecule has 0 bridgehead atoms. The van der Waals surface area contributed by atoms with Crippen molar-refractivity contribution in [1.82, 2.24) is 15.0 Å². The molecule has 2 aromatic heterocycles. The number of pyridine rings is 1. The fourth-order valence-corrected chi connectivity index (χ4v) is 3.47. The van der Waals surface area contributed by atoms with Crippen molar-refractivity contribution in [2.24, 2.45) is 5.92 Å². The van der Waals surface area contributed by atoms with E-state index < -0.39 is 0 Å². The number of aromatic nitrogens is 3. The first kappa shape index (κ1) is 16.3. The van der Waals surface area contributed by atoms with Gasteiger partial charge in [0.25, 0.3) is 0 Å². The molecule has 1 atom stereocenters. The molecule has 0 spiro atoms. The van der Waals surface area contributed by atoms with Crippen molar-refractivity contribution in [2.75, 3.05) is 24.6 Å². The Morgan fingerprint density at radius 2 is 1.96 bits per heavy atom. The van der Waals surface area contributed by atoms with E-state index in [0.29, 0.717) is 18.4 Å². The molecule has 1 aliphatic heterocycles. The highest BCUT2D eigenvalue weighted by atomic mass is 16.5. The van der Waals surface area contributed by atoms with Gasteiger partial charge < -0.3 is 9.64 Å². The number of hydrogen-bond acceptors (Lipinski definition) is 5. The van der Waals surface area contributed by atoms with Crippen molar-refractivity contribution in [1.29, 1.82) is 0 Å². The molecule has 1 aliphatic carbocycles. The van der Waals surface area contributed by atoms with Crippen molar-refractivity contribution in [3.63, 3.8) is 0 Å². The number of piperidine rings is 1. The lowest BCUT2D eigenvalue weighted by atomic mass is 9.99. The summed E-state index contributed by atoms with van der Waals surface area (Å²) < 4.78 is 5.94. The van der Waals surface area contributed by atoms with Crippen LogP contribution in [0.2, 0.25) is 0 Å². The van der Waals surface area contributed by atoms with E-state index in [-0.39, 0.29) is 0 Å². The molecule has 1 saturated carbocycles. The van der Waals surface area contributed by atoms with Crippen LogP contribution in [0.25, 0.3) is 0 Å². The summed E-state index contributed by atoms with van der Waals surface area (Å²) in [5.41, 5.74) is 2.07. The molecule has 5 heteroatoms. The molecule has 2 aromatic rings. The minimum atomic E-state index is 0.510. The molecule has 2 aliphatic rings. The summed E-state index contributed by atoms with van der Waals surface area (Å²) in [5.74, 6) is 3.96. The monoisotopic (exact) mass is 338 g/mol. The summed E-state index contributed by atoms with van der Waals surface area (Å²) in [6, 6.07) is 8.04. The lowest BCUT2D eigenvalue weighted by molar-refractivity contribution is 0.221. The van der Waals surface area contributed by atoms with Crippen molar-refractivity contribution < 1.29 is 4.74 Å². The van der Waals surface area contributed by atoms with Crippen LogP contribution in [-0.4, -0.2) is 34.6 Å². The first-order valence-electron chi connectivity index (χ1n) is 9.34. The highest BCUT2D eigenvalue weighted by Crippen LogP contribution is 2.38. The van der Waals surface area contributed by atoms with E-state index >= 15 is 0 Å². The Labute approximate surface area is 149 Å². The zero-order chi connectivity index (χ0) is 17.2. The molecule has 4 rings (SSSR count). The van der Waals surface area contributed by atoms with Crippen LogP contribution >= 0.6 is 0 Å². The van der Waals surface area contributed by atoms with Gasteiger partial charge in [-0.3, -0.25) is 0 Å². The fourth-order valence-electron chi connectivity index (χ4n) is 3.47. The number of ether oxygens (including phenoxy) is 1. The molecular formula is C20H26N4O. The number of rotatable bonds is 5. The molecule has 0 amide bonds. The molecule has 0 N–H and O–H groups in total. The minimum Gasteiger partial charge on any atom is -0.477 e. The van der Waals surface area contributed by atoms with E-state index in [2.05, 4.69) is 27.9 Å². The molecular weight excluding hydrogens is 312 g/mol. The SMILES string of the molecule is Cc1cccc(OCC2CCCN(c3cc(C)nc(C4CC4)n3)C2)n1. The van der Waals surface area contributed by atoms with E-state index in [1.54, 1.807) is 0 Å². The minimum absolute atomic E-state index is 0.510. The number of aryl methyl sites for hydroxylation is 2. The van der Waals surface area contributed by atoms with Crippen molar-refractivity contribution in [2.45, 2.75) is 45.4 Å². The Morgan fingerprint density at radius 3 is 2.76 bits per heavy atom. The zero-order valence-corrected chi connectivity index (χ0v) is 15.1. The summed E-state index contributed by atoms with van der Waals surface area (Å²) >= 11 is 0.